The molecule has 2 aromatic carbocycles. The number of rotatable bonds is 7. The topological polar surface area (TPSA) is 291 Å². The van der Waals surface area contributed by atoms with E-state index in [2.05, 4.69) is 0 Å². The molecule has 17 heteroatoms. The fraction of sp³-hybridized carbons (Fsp3) is 0.444. The first-order chi connectivity index (χ1) is 20.8. The van der Waals surface area contributed by atoms with Crippen LogP contribution in [-0.2, 0) is 14.2 Å². The Labute approximate surface area is 246 Å². The number of ether oxygens (including phenoxy) is 4. The van der Waals surface area contributed by atoms with Crippen LogP contribution in [0.3, 0.4) is 0 Å². The van der Waals surface area contributed by atoms with E-state index in [1.165, 1.54) is 6.07 Å². The molecule has 0 bridgehead atoms. The Morgan fingerprint density at radius 1 is 0.659 bits per heavy atom. The van der Waals surface area contributed by atoms with Crippen molar-refractivity contribution in [2.24, 2.45) is 0 Å². The molecule has 240 valence electrons. The van der Waals surface area contributed by atoms with Crippen LogP contribution >= 0.6 is 0 Å². The maximum Gasteiger partial charge on any atom is 0.402 e. The normalized spacial score (nSPS) is 32.5. The summed E-state index contributed by atoms with van der Waals surface area (Å²) in [5.74, 6) is -3.76. The standard InChI is InChI=1S/C27H30O17/c28-6-16-19(34)21(36)23(38)26(43-16)40-7-17-20(35)22(37)24(39)27(44-17)42-15-5-10-11(30)3-9(29)4-14(10)41-25(15)8-1-12(31)18(33)13(32)2-8/h1-5,16-17,19-24,26-28,34-39H,6-7H2,(H4-,29,30,31,32,33)/p+1/t16-,17-,19-,20-,21-,22-,23-,24-,26-,27-/m1/s1. The highest BCUT2D eigenvalue weighted by Gasteiger charge is 2.48. The van der Waals surface area contributed by atoms with Crippen LogP contribution in [0.1, 0.15) is 0 Å². The van der Waals surface area contributed by atoms with Gasteiger partial charge in [0, 0.05) is 24.3 Å². The van der Waals surface area contributed by atoms with Crippen LogP contribution in [0.15, 0.2) is 34.7 Å². The Morgan fingerprint density at radius 3 is 1.89 bits per heavy atom. The molecule has 0 amide bonds. The summed E-state index contributed by atoms with van der Waals surface area (Å²) in [7, 11) is 0. The molecule has 2 aliphatic rings. The van der Waals surface area contributed by atoms with Gasteiger partial charge in [0.25, 0.3) is 0 Å². The zero-order valence-corrected chi connectivity index (χ0v) is 22.5. The highest BCUT2D eigenvalue weighted by molar-refractivity contribution is 5.88. The molecule has 0 saturated carbocycles. The molecular weight excluding hydrogens is 596 g/mol. The van der Waals surface area contributed by atoms with Crippen molar-refractivity contribution in [3.63, 3.8) is 0 Å². The molecule has 0 unspecified atom stereocenters. The van der Waals surface area contributed by atoms with Gasteiger partial charge in [0.15, 0.2) is 23.5 Å². The number of aromatic hydroxyl groups is 5. The Bertz CT molecular complexity index is 1470. The van der Waals surface area contributed by atoms with Crippen molar-refractivity contribution in [2.75, 3.05) is 13.2 Å². The van der Waals surface area contributed by atoms with Gasteiger partial charge in [-0.1, -0.05) is 0 Å². The van der Waals surface area contributed by atoms with Crippen LogP contribution in [0.2, 0.25) is 0 Å². The molecule has 17 nitrogen and oxygen atoms in total. The van der Waals surface area contributed by atoms with Crippen LogP contribution in [-0.4, -0.2) is 136 Å². The summed E-state index contributed by atoms with van der Waals surface area (Å²) >= 11 is 0. The number of phenolic OH excluding ortho intramolecular Hbond substituents is 5. The second-order valence-electron chi connectivity index (χ2n) is 10.3. The van der Waals surface area contributed by atoms with E-state index in [1.54, 1.807) is 0 Å². The van der Waals surface area contributed by atoms with Crippen molar-refractivity contribution in [1.82, 2.24) is 0 Å². The minimum Gasteiger partial charge on any atom is -0.507 e. The van der Waals surface area contributed by atoms with E-state index < -0.39 is 97.6 Å². The first kappa shape index (κ1) is 31.7. The maximum atomic E-state index is 10.7. The van der Waals surface area contributed by atoms with Crippen molar-refractivity contribution in [3.8, 4) is 45.8 Å². The Morgan fingerprint density at radius 2 is 1.25 bits per heavy atom. The largest absolute Gasteiger partial charge is 0.507 e. The fourth-order valence-electron chi connectivity index (χ4n) is 4.88. The number of hydrogen-bond donors (Lipinski definition) is 12. The van der Waals surface area contributed by atoms with E-state index in [4.69, 9.17) is 23.4 Å². The molecule has 0 radical (unpaired) electrons. The third-order valence-corrected chi connectivity index (χ3v) is 7.33. The molecule has 2 saturated heterocycles. The Hall–Kier alpha value is -3.75. The summed E-state index contributed by atoms with van der Waals surface area (Å²) in [6.07, 6.45) is -16.9. The van der Waals surface area contributed by atoms with Gasteiger partial charge in [-0.3, -0.25) is 0 Å². The van der Waals surface area contributed by atoms with E-state index in [9.17, 15) is 61.3 Å². The molecule has 2 aliphatic heterocycles. The lowest BCUT2D eigenvalue weighted by molar-refractivity contribution is -0.323. The minimum absolute atomic E-state index is 0.0119. The zero-order valence-electron chi connectivity index (χ0n) is 22.5. The smallest absolute Gasteiger partial charge is 0.402 e. The predicted molar refractivity (Wildman–Crippen MR) is 141 cm³/mol. The second kappa shape index (κ2) is 12.3. The molecule has 44 heavy (non-hydrogen) atoms. The molecule has 5 rings (SSSR count). The molecule has 0 spiro atoms. The van der Waals surface area contributed by atoms with E-state index in [-0.39, 0.29) is 33.8 Å². The summed E-state index contributed by atoms with van der Waals surface area (Å²) in [5.41, 5.74) is -0.186. The van der Waals surface area contributed by atoms with Gasteiger partial charge in [0.05, 0.1) is 24.8 Å². The van der Waals surface area contributed by atoms with Crippen LogP contribution in [0.4, 0.5) is 0 Å². The predicted octanol–water partition coefficient (Wildman–Crippen LogP) is -2.09. The third-order valence-electron chi connectivity index (χ3n) is 7.33. The summed E-state index contributed by atoms with van der Waals surface area (Å²) in [6, 6.07) is 5.31. The minimum atomic E-state index is -1.91. The number of phenols is 5. The van der Waals surface area contributed by atoms with Gasteiger partial charge in [-0.05, 0) is 0 Å². The summed E-state index contributed by atoms with van der Waals surface area (Å²) in [6.45, 7) is -1.36. The van der Waals surface area contributed by atoms with E-state index in [0.29, 0.717) is 0 Å². The van der Waals surface area contributed by atoms with Crippen LogP contribution in [0, 0.1) is 0 Å². The van der Waals surface area contributed by atoms with Crippen molar-refractivity contribution >= 4 is 11.0 Å². The highest BCUT2D eigenvalue weighted by atomic mass is 16.7. The maximum absolute atomic E-state index is 10.7. The number of fused-ring (bicyclic) bond motifs is 1. The van der Waals surface area contributed by atoms with Crippen LogP contribution in [0.25, 0.3) is 22.3 Å². The van der Waals surface area contributed by atoms with Crippen molar-refractivity contribution in [3.05, 3.63) is 30.3 Å². The number of aliphatic hydroxyl groups is 7. The summed E-state index contributed by atoms with van der Waals surface area (Å²) in [4.78, 5) is 0. The monoisotopic (exact) mass is 627 g/mol. The average molecular weight is 628 g/mol. The highest BCUT2D eigenvalue weighted by Crippen LogP contribution is 2.45. The average Bonchev–Trinajstić information content (AvgIpc) is 2.98. The Balaban J connectivity index is 1.45. The van der Waals surface area contributed by atoms with Gasteiger partial charge in [-0.25, -0.2) is 4.42 Å². The summed E-state index contributed by atoms with van der Waals surface area (Å²) in [5, 5.41) is 122. The molecule has 2 fully saturated rings. The zero-order chi connectivity index (χ0) is 32.0. The lowest BCUT2D eigenvalue weighted by Crippen LogP contribution is -2.62. The van der Waals surface area contributed by atoms with Gasteiger partial charge in [0.2, 0.25) is 12.0 Å². The van der Waals surface area contributed by atoms with E-state index in [1.807, 2.05) is 0 Å². The molecule has 3 aromatic rings. The summed E-state index contributed by atoms with van der Waals surface area (Å²) < 4.78 is 27.9. The fourth-order valence-corrected chi connectivity index (χ4v) is 4.88. The molecule has 10 atom stereocenters. The van der Waals surface area contributed by atoms with Gasteiger partial charge in [0.1, 0.15) is 65.7 Å². The molecule has 0 aliphatic carbocycles. The Kier molecular flexibility index (Phi) is 8.87. The van der Waals surface area contributed by atoms with Crippen LogP contribution < -0.4 is 4.74 Å². The second-order valence-corrected chi connectivity index (χ2v) is 10.3. The number of aliphatic hydroxyl groups excluding tert-OH is 7. The molecule has 1 aromatic heterocycles. The lowest BCUT2D eigenvalue weighted by Gasteiger charge is -2.42. The molecule has 12 N–H and O–H groups in total. The van der Waals surface area contributed by atoms with Gasteiger partial charge in [-0.15, -0.1) is 0 Å². The third kappa shape index (κ3) is 5.85. The lowest BCUT2D eigenvalue weighted by atomic mass is 9.98. The van der Waals surface area contributed by atoms with Crippen LogP contribution in [0.5, 0.6) is 34.5 Å². The van der Waals surface area contributed by atoms with Crippen molar-refractivity contribution in [1.29, 1.82) is 0 Å². The van der Waals surface area contributed by atoms with Crippen molar-refractivity contribution < 1.29 is 84.6 Å². The number of benzene rings is 2. The first-order valence-electron chi connectivity index (χ1n) is 13.2. The van der Waals surface area contributed by atoms with Crippen molar-refractivity contribution in [2.45, 2.75) is 61.4 Å². The molecular formula is C27H31O17+. The van der Waals surface area contributed by atoms with Gasteiger partial charge >= 0.3 is 11.3 Å². The molecule has 3 heterocycles. The SMILES string of the molecule is OC[C@H]1O[C@@H](OC[C@H]2O[C@@H](Oc3cc4c(O)cc(O)cc4[o+]c3-c3cc(O)c(O)c(O)c3)[C@H](O)[C@H](O)[C@@H]2O)[C@H](O)[C@H](O)[C@@H]1O. The first-order valence-corrected chi connectivity index (χ1v) is 13.2. The number of hydrogen-bond acceptors (Lipinski definition) is 16. The quantitative estimate of drug-likeness (QED) is 0.0987. The van der Waals surface area contributed by atoms with Gasteiger partial charge < -0.3 is 80.2 Å². The van der Waals surface area contributed by atoms with E-state index >= 15 is 0 Å². The van der Waals surface area contributed by atoms with E-state index in [0.717, 1.165) is 24.3 Å². The van der Waals surface area contributed by atoms with Gasteiger partial charge in [-0.2, -0.15) is 0 Å².